The molecule has 4 aliphatic carbocycles. The van der Waals surface area contributed by atoms with Gasteiger partial charge in [0, 0.05) is 12.3 Å². The van der Waals surface area contributed by atoms with Crippen molar-refractivity contribution in [2.24, 2.45) is 11.8 Å². The minimum atomic E-state index is -5.50. The van der Waals surface area contributed by atoms with Crippen LogP contribution in [0.5, 0.6) is 0 Å². The molecule has 14 nitrogen and oxygen atoms in total. The van der Waals surface area contributed by atoms with Crippen LogP contribution in [0, 0.1) is 11.8 Å². The zero-order valence-corrected chi connectivity index (χ0v) is 53.0. The molecule has 0 saturated carbocycles. The van der Waals surface area contributed by atoms with Crippen LogP contribution in [-0.4, -0.2) is 101 Å². The van der Waals surface area contributed by atoms with Crippen LogP contribution in [0.4, 0.5) is 26.3 Å². The molecule has 0 spiro atoms. The van der Waals surface area contributed by atoms with Crippen LogP contribution >= 0.6 is 0 Å². The maximum Gasteiger partial charge on any atom is 0.534 e. The second-order valence-electron chi connectivity index (χ2n) is 26.3. The molecule has 0 bridgehead atoms. The molecule has 458 valence electrons. The van der Waals surface area contributed by atoms with Crippen LogP contribution in [0.2, 0.25) is 0 Å². The van der Waals surface area contributed by atoms with E-state index in [0.29, 0.717) is 37.2 Å². The summed E-state index contributed by atoms with van der Waals surface area (Å²) in [5.41, 5.74) is -8.18. The fourth-order valence-electron chi connectivity index (χ4n) is 9.37. The number of halogens is 6. The van der Waals surface area contributed by atoms with E-state index in [1.807, 2.05) is 55.4 Å². The van der Waals surface area contributed by atoms with Gasteiger partial charge in [0.2, 0.25) is 0 Å². The Morgan fingerprint density at radius 3 is 1.16 bits per heavy atom. The third-order valence-electron chi connectivity index (χ3n) is 17.8. The first-order chi connectivity index (χ1) is 36.0. The SMILES string of the molecule is CC1(C)OB(B2OC(C)(C)C(C)(C)O2)OC1(C)C.CC1=C(B2OC(C)(C)C(C)(C)O2)CCCC1.CC1=C(OS(=O)(=O)C(F)(F)F)CCCC1.CC1CCCC=C1B1OC(C)(C)C(C)(C)O1.CC1CCCC=C1OS(=O)(=O)C(F)(F)F. The minimum absolute atomic E-state index is 0.0569. The quantitative estimate of drug-likeness (QED) is 0.102. The Kier molecular flexibility index (Phi) is 22.5. The fraction of sp³-hybridized carbons (Fsp3) is 0.852. The summed E-state index contributed by atoms with van der Waals surface area (Å²) in [4.78, 5) is 0. The lowest BCUT2D eigenvalue weighted by molar-refractivity contribution is -0.0530. The van der Waals surface area contributed by atoms with Crippen molar-refractivity contribution in [1.82, 2.24) is 0 Å². The Morgan fingerprint density at radius 1 is 0.450 bits per heavy atom. The van der Waals surface area contributed by atoms with E-state index in [1.54, 1.807) is 13.8 Å². The molecular weight excluding hydrogens is 1090 g/mol. The van der Waals surface area contributed by atoms with E-state index >= 15 is 0 Å². The molecule has 8 rings (SSSR count). The lowest BCUT2D eigenvalue weighted by Crippen LogP contribution is -2.41. The summed E-state index contributed by atoms with van der Waals surface area (Å²) < 4.78 is 171. The first-order valence-electron chi connectivity index (χ1n) is 28.2. The average Bonchev–Trinajstić information content (AvgIpc) is 3.85. The molecule has 0 aromatic heterocycles. The Morgan fingerprint density at radius 2 is 0.787 bits per heavy atom. The molecule has 0 radical (unpaired) electrons. The summed E-state index contributed by atoms with van der Waals surface area (Å²) >= 11 is 0. The van der Waals surface area contributed by atoms with Gasteiger partial charge in [-0.1, -0.05) is 25.5 Å². The van der Waals surface area contributed by atoms with Crippen molar-refractivity contribution >= 4 is 48.5 Å². The zero-order valence-electron chi connectivity index (χ0n) is 51.3. The van der Waals surface area contributed by atoms with E-state index in [9.17, 15) is 43.2 Å². The molecule has 4 saturated heterocycles. The summed E-state index contributed by atoms with van der Waals surface area (Å²) in [5, 5.41) is 0. The number of hydrogen-bond acceptors (Lipinski definition) is 14. The van der Waals surface area contributed by atoms with Crippen molar-refractivity contribution in [2.45, 2.75) is 284 Å². The van der Waals surface area contributed by atoms with Crippen LogP contribution < -0.4 is 0 Å². The Hall–Kier alpha value is -2.02. The third kappa shape index (κ3) is 17.1. The van der Waals surface area contributed by atoms with E-state index in [1.165, 1.54) is 61.1 Å². The Labute approximate surface area is 477 Å². The van der Waals surface area contributed by atoms with Gasteiger partial charge in [-0.25, -0.2) is 0 Å². The molecule has 4 heterocycles. The first kappa shape index (κ1) is 70.5. The van der Waals surface area contributed by atoms with Gasteiger partial charge in [0.1, 0.15) is 11.5 Å². The Bertz CT molecular complexity index is 2410. The average molecular weight is 1190 g/mol. The summed E-state index contributed by atoms with van der Waals surface area (Å²) in [5.74, 6) is 0.163. The summed E-state index contributed by atoms with van der Waals surface area (Å²) in [6.45, 7) is 40.8. The van der Waals surface area contributed by atoms with E-state index in [2.05, 4.69) is 83.7 Å². The molecule has 2 unspecified atom stereocenters. The van der Waals surface area contributed by atoms with Crippen LogP contribution in [0.3, 0.4) is 0 Å². The number of hydrogen-bond donors (Lipinski definition) is 0. The summed E-state index contributed by atoms with van der Waals surface area (Å²) in [7, 11) is -12.2. The largest absolute Gasteiger partial charge is 0.534 e. The van der Waals surface area contributed by atoms with Gasteiger partial charge >= 0.3 is 59.5 Å². The molecule has 80 heavy (non-hydrogen) atoms. The first-order valence-corrected chi connectivity index (χ1v) is 31.1. The van der Waals surface area contributed by atoms with Gasteiger partial charge in [0.15, 0.2) is 0 Å². The predicted octanol–water partition coefficient (Wildman–Crippen LogP) is 14.4. The highest BCUT2D eigenvalue weighted by Gasteiger charge is 2.64. The van der Waals surface area contributed by atoms with Gasteiger partial charge in [0.05, 0.1) is 44.8 Å². The van der Waals surface area contributed by atoms with Crippen LogP contribution in [-0.2, 0) is 65.8 Å². The van der Waals surface area contributed by atoms with Crippen molar-refractivity contribution < 1.29 is 88.8 Å². The number of alkyl halides is 6. The number of allylic oxidation sites excluding steroid dienone is 8. The van der Waals surface area contributed by atoms with Gasteiger partial charge in [-0.05, 0) is 237 Å². The molecule has 4 aliphatic heterocycles. The summed E-state index contributed by atoms with van der Waals surface area (Å²) in [6.07, 6.45) is 16.7. The van der Waals surface area contributed by atoms with Gasteiger partial charge in [-0.2, -0.15) is 43.2 Å². The molecule has 0 aromatic carbocycles. The van der Waals surface area contributed by atoms with Gasteiger partial charge in [0.25, 0.3) is 0 Å². The molecule has 8 aliphatic rings. The monoisotopic (exact) mass is 1190 g/mol. The lowest BCUT2D eigenvalue weighted by atomic mass is 9.49. The van der Waals surface area contributed by atoms with E-state index in [4.69, 9.17) is 37.2 Å². The topological polar surface area (TPSA) is 161 Å². The van der Waals surface area contributed by atoms with Crippen molar-refractivity contribution in [3.8, 4) is 0 Å². The second-order valence-corrected chi connectivity index (χ2v) is 29.4. The van der Waals surface area contributed by atoms with Gasteiger partial charge < -0.3 is 45.6 Å². The molecular formula is C54H92B4F6O14S2. The highest BCUT2D eigenvalue weighted by molar-refractivity contribution is 7.88. The predicted molar refractivity (Wildman–Crippen MR) is 301 cm³/mol. The number of rotatable bonds is 7. The molecule has 2 atom stereocenters. The van der Waals surface area contributed by atoms with E-state index in [-0.39, 0.29) is 82.9 Å². The molecule has 0 amide bonds. The van der Waals surface area contributed by atoms with E-state index in [0.717, 1.165) is 19.3 Å². The van der Waals surface area contributed by atoms with Gasteiger partial charge in [-0.15, -0.1) is 0 Å². The maximum atomic E-state index is 12.0. The Balaban J connectivity index is 0.000000216. The molecule has 26 heteroatoms. The lowest BCUT2D eigenvalue weighted by Gasteiger charge is -2.32. The van der Waals surface area contributed by atoms with Crippen molar-refractivity contribution in [3.63, 3.8) is 0 Å². The van der Waals surface area contributed by atoms with Crippen molar-refractivity contribution in [3.05, 3.63) is 45.8 Å². The fourth-order valence-corrected chi connectivity index (χ4v) is 10.5. The zero-order chi connectivity index (χ0) is 61.3. The molecule has 0 N–H and O–H groups in total. The van der Waals surface area contributed by atoms with Crippen LogP contribution in [0.1, 0.15) is 228 Å². The van der Waals surface area contributed by atoms with Crippen LogP contribution in [0.25, 0.3) is 0 Å². The van der Waals surface area contributed by atoms with Gasteiger partial charge in [-0.3, -0.25) is 0 Å². The van der Waals surface area contributed by atoms with Crippen molar-refractivity contribution in [2.75, 3.05) is 0 Å². The second kappa shape index (κ2) is 25.5. The van der Waals surface area contributed by atoms with Crippen LogP contribution in [0.15, 0.2) is 45.8 Å². The highest BCUT2D eigenvalue weighted by Crippen LogP contribution is 2.45. The van der Waals surface area contributed by atoms with Crippen molar-refractivity contribution in [1.29, 1.82) is 0 Å². The standard InChI is InChI=1S/2C13H23BO2.C12H24B2O4.2C8H11F3O3S/c2*1-10-8-6-7-9-11(10)14-15-12(2,3)13(4,5)16-14;1-9(2)10(3,4)16-13(15-9)14-17-11(5,6)12(7,8)18-14;2*1-6-4-2-3-5-7(6)14-15(12,13)8(9,10)11/h6-9H2,1-5H3;9-10H,6-8H2,1-5H3;1-8H3;2-5H2,1H3;5-6H,2-4H2,1H3. The highest BCUT2D eigenvalue weighted by atomic mass is 32.2. The molecule has 0 aromatic rings. The molecule has 4 fully saturated rings. The van der Waals surface area contributed by atoms with E-state index < -0.39 is 45.3 Å². The normalized spacial score (nSPS) is 27.5. The maximum absolute atomic E-state index is 12.0. The minimum Gasteiger partial charge on any atom is -0.405 e. The summed E-state index contributed by atoms with van der Waals surface area (Å²) in [6, 6.07) is 0. The third-order valence-corrected chi connectivity index (χ3v) is 19.7. The smallest absolute Gasteiger partial charge is 0.405 e.